The van der Waals surface area contributed by atoms with Crippen LogP contribution >= 0.6 is 0 Å². The van der Waals surface area contributed by atoms with Crippen molar-refractivity contribution in [3.8, 4) is 5.69 Å². The number of nitrogens with zero attached hydrogens (tertiary/aromatic N) is 1. The second-order valence-electron chi connectivity index (χ2n) is 6.88. The summed E-state index contributed by atoms with van der Waals surface area (Å²) in [5, 5.41) is 5.29. The maximum atomic E-state index is 12.4. The van der Waals surface area contributed by atoms with Gasteiger partial charge in [0.25, 0.3) is 5.91 Å². The molecule has 0 aliphatic carbocycles. The molecule has 3 rings (SSSR count). The van der Waals surface area contributed by atoms with Gasteiger partial charge < -0.3 is 19.9 Å². The Kier molecular flexibility index (Phi) is 6.32. The van der Waals surface area contributed by atoms with Crippen LogP contribution in [0.4, 0.5) is 11.4 Å². The summed E-state index contributed by atoms with van der Waals surface area (Å²) >= 11 is 0. The molecule has 0 atom stereocenters. The molecule has 1 aromatic heterocycles. The van der Waals surface area contributed by atoms with Crippen LogP contribution in [0.5, 0.6) is 0 Å². The van der Waals surface area contributed by atoms with Gasteiger partial charge in [0.15, 0.2) is 6.61 Å². The Hall–Kier alpha value is -3.87. The van der Waals surface area contributed by atoms with E-state index >= 15 is 0 Å². The van der Waals surface area contributed by atoms with Gasteiger partial charge in [-0.1, -0.05) is 6.07 Å². The summed E-state index contributed by atoms with van der Waals surface area (Å²) in [5.41, 5.74) is 4.50. The zero-order chi connectivity index (χ0) is 21.7. The first-order valence-electron chi connectivity index (χ1n) is 9.43. The van der Waals surface area contributed by atoms with Gasteiger partial charge in [0.05, 0.1) is 5.56 Å². The van der Waals surface area contributed by atoms with Gasteiger partial charge in [0, 0.05) is 35.4 Å². The van der Waals surface area contributed by atoms with E-state index in [1.54, 1.807) is 42.5 Å². The predicted octanol–water partition coefficient (Wildman–Crippen LogP) is 3.85. The summed E-state index contributed by atoms with van der Waals surface area (Å²) in [5.74, 6) is -1.20. The fourth-order valence-corrected chi connectivity index (χ4v) is 3.10. The van der Waals surface area contributed by atoms with Gasteiger partial charge in [-0.3, -0.25) is 9.59 Å². The van der Waals surface area contributed by atoms with Crippen LogP contribution in [-0.4, -0.2) is 29.0 Å². The van der Waals surface area contributed by atoms with E-state index < -0.39 is 18.5 Å². The molecule has 0 saturated carbocycles. The second kappa shape index (κ2) is 9.09. The quantitative estimate of drug-likeness (QED) is 0.610. The molecule has 0 saturated heterocycles. The molecule has 7 nitrogen and oxygen atoms in total. The van der Waals surface area contributed by atoms with Crippen molar-refractivity contribution in [1.82, 2.24) is 4.57 Å². The van der Waals surface area contributed by atoms with Gasteiger partial charge in [-0.15, -0.1) is 0 Å². The fraction of sp³-hybridized carbons (Fsp3) is 0.174. The number of anilines is 2. The van der Waals surface area contributed by atoms with E-state index in [0.717, 1.165) is 17.1 Å². The first kappa shape index (κ1) is 20.9. The number of aromatic nitrogens is 1. The minimum Gasteiger partial charge on any atom is -0.452 e. The number of nitrogens with one attached hydrogen (secondary N) is 2. The van der Waals surface area contributed by atoms with Crippen molar-refractivity contribution in [1.29, 1.82) is 0 Å². The lowest BCUT2D eigenvalue weighted by Gasteiger charge is -2.11. The molecule has 0 radical (unpaired) electrons. The number of esters is 1. The molecule has 2 amide bonds. The van der Waals surface area contributed by atoms with Gasteiger partial charge >= 0.3 is 5.97 Å². The molecular weight excluding hydrogens is 382 g/mol. The molecule has 0 bridgehead atoms. The van der Waals surface area contributed by atoms with Gasteiger partial charge in [-0.05, 0) is 68.4 Å². The number of aryl methyl sites for hydroxylation is 2. The molecule has 0 aliphatic heterocycles. The van der Waals surface area contributed by atoms with Crippen molar-refractivity contribution in [2.45, 2.75) is 20.8 Å². The van der Waals surface area contributed by atoms with Crippen molar-refractivity contribution < 1.29 is 19.1 Å². The standard InChI is InChI=1S/C23H23N3O4/c1-15-7-8-16(2)26(15)21-6-4-5-18(13-21)23(29)30-14-22(28)25-20-11-9-19(10-12-20)24-17(3)27/h4-13H,14H2,1-3H3,(H,24,27)(H,25,28). The third-order valence-electron chi connectivity index (χ3n) is 4.43. The largest absolute Gasteiger partial charge is 0.452 e. The highest BCUT2D eigenvalue weighted by molar-refractivity contribution is 5.96. The van der Waals surface area contributed by atoms with Crippen LogP contribution in [0.2, 0.25) is 0 Å². The molecule has 0 spiro atoms. The molecule has 2 aromatic carbocycles. The normalized spacial score (nSPS) is 10.4. The molecule has 0 fully saturated rings. The molecule has 1 heterocycles. The van der Waals surface area contributed by atoms with Crippen LogP contribution in [0.3, 0.4) is 0 Å². The Balaban J connectivity index is 1.58. The summed E-state index contributed by atoms with van der Waals surface area (Å²) in [7, 11) is 0. The topological polar surface area (TPSA) is 89.4 Å². The van der Waals surface area contributed by atoms with E-state index in [1.807, 2.05) is 36.6 Å². The molecule has 0 unspecified atom stereocenters. The molecule has 7 heteroatoms. The number of hydrogen-bond acceptors (Lipinski definition) is 4. The van der Waals surface area contributed by atoms with E-state index in [9.17, 15) is 14.4 Å². The molecular formula is C23H23N3O4. The minimum atomic E-state index is -0.574. The van der Waals surface area contributed by atoms with Crippen molar-refractivity contribution >= 4 is 29.2 Å². The monoisotopic (exact) mass is 405 g/mol. The third-order valence-corrected chi connectivity index (χ3v) is 4.43. The lowest BCUT2D eigenvalue weighted by atomic mass is 10.2. The Morgan fingerprint density at radius 1 is 0.867 bits per heavy atom. The van der Waals surface area contributed by atoms with E-state index in [4.69, 9.17) is 4.74 Å². The lowest BCUT2D eigenvalue weighted by Crippen LogP contribution is -2.21. The third kappa shape index (κ3) is 5.14. The van der Waals surface area contributed by atoms with Crippen LogP contribution in [0.15, 0.2) is 60.7 Å². The zero-order valence-electron chi connectivity index (χ0n) is 17.1. The summed E-state index contributed by atoms with van der Waals surface area (Å²) in [6.07, 6.45) is 0. The first-order valence-corrected chi connectivity index (χ1v) is 9.43. The van der Waals surface area contributed by atoms with Crippen LogP contribution < -0.4 is 10.6 Å². The summed E-state index contributed by atoms with van der Waals surface area (Å²) in [6, 6.07) is 17.7. The molecule has 3 aromatic rings. The number of carbonyl (C=O) groups excluding carboxylic acids is 3. The molecule has 2 N–H and O–H groups in total. The Morgan fingerprint density at radius 3 is 2.07 bits per heavy atom. The van der Waals surface area contributed by atoms with Crippen molar-refractivity contribution in [2.24, 2.45) is 0 Å². The maximum Gasteiger partial charge on any atom is 0.338 e. The van der Waals surface area contributed by atoms with E-state index in [1.165, 1.54) is 6.92 Å². The van der Waals surface area contributed by atoms with Gasteiger partial charge in [0.2, 0.25) is 5.91 Å². The van der Waals surface area contributed by atoms with Crippen LogP contribution in [-0.2, 0) is 14.3 Å². The number of hydrogen-bond donors (Lipinski definition) is 2. The Bertz CT molecular complexity index is 1060. The average Bonchev–Trinajstić information content (AvgIpc) is 3.05. The highest BCUT2D eigenvalue weighted by Gasteiger charge is 2.13. The zero-order valence-corrected chi connectivity index (χ0v) is 17.1. The number of benzene rings is 2. The fourth-order valence-electron chi connectivity index (χ4n) is 3.10. The molecule has 30 heavy (non-hydrogen) atoms. The Morgan fingerprint density at radius 2 is 1.47 bits per heavy atom. The highest BCUT2D eigenvalue weighted by atomic mass is 16.5. The SMILES string of the molecule is CC(=O)Nc1ccc(NC(=O)COC(=O)c2cccc(-n3c(C)ccc3C)c2)cc1. The van der Waals surface area contributed by atoms with Crippen molar-refractivity contribution in [3.63, 3.8) is 0 Å². The first-order chi connectivity index (χ1) is 14.3. The van der Waals surface area contributed by atoms with E-state index in [-0.39, 0.29) is 5.91 Å². The lowest BCUT2D eigenvalue weighted by molar-refractivity contribution is -0.119. The summed E-state index contributed by atoms with van der Waals surface area (Å²) in [4.78, 5) is 35.5. The number of rotatable bonds is 6. The summed E-state index contributed by atoms with van der Waals surface area (Å²) in [6.45, 7) is 4.99. The van der Waals surface area contributed by atoms with Gasteiger partial charge in [-0.2, -0.15) is 0 Å². The van der Waals surface area contributed by atoms with Crippen molar-refractivity contribution in [3.05, 3.63) is 77.6 Å². The second-order valence-corrected chi connectivity index (χ2v) is 6.88. The molecule has 154 valence electrons. The number of ether oxygens (including phenoxy) is 1. The minimum absolute atomic E-state index is 0.176. The Labute approximate surface area is 174 Å². The number of amides is 2. The number of carbonyl (C=O) groups is 3. The molecule has 0 aliphatic rings. The maximum absolute atomic E-state index is 12.4. The average molecular weight is 405 g/mol. The van der Waals surface area contributed by atoms with Crippen molar-refractivity contribution in [2.75, 3.05) is 17.2 Å². The van der Waals surface area contributed by atoms with Gasteiger partial charge in [-0.25, -0.2) is 4.79 Å². The highest BCUT2D eigenvalue weighted by Crippen LogP contribution is 2.18. The van der Waals surface area contributed by atoms with E-state index in [0.29, 0.717) is 16.9 Å². The van der Waals surface area contributed by atoms with Crippen LogP contribution in [0, 0.1) is 13.8 Å². The van der Waals surface area contributed by atoms with E-state index in [2.05, 4.69) is 10.6 Å². The summed E-state index contributed by atoms with van der Waals surface area (Å²) < 4.78 is 7.19. The smallest absolute Gasteiger partial charge is 0.338 e. The van der Waals surface area contributed by atoms with Crippen LogP contribution in [0.25, 0.3) is 5.69 Å². The van der Waals surface area contributed by atoms with Gasteiger partial charge in [0.1, 0.15) is 0 Å². The van der Waals surface area contributed by atoms with Crippen LogP contribution in [0.1, 0.15) is 28.7 Å². The predicted molar refractivity (Wildman–Crippen MR) is 115 cm³/mol.